The number of nitrogens with zero attached hydrogens (tertiary/aromatic N) is 1. The van der Waals surface area contributed by atoms with Crippen LogP contribution in [-0.4, -0.2) is 29.3 Å². The summed E-state index contributed by atoms with van der Waals surface area (Å²) in [6.07, 6.45) is 2.47. The smallest absolute Gasteiger partial charge is 0.239 e. The Bertz CT molecular complexity index is 419. The van der Waals surface area contributed by atoms with Gasteiger partial charge in [-0.3, -0.25) is 0 Å². The third-order valence-electron chi connectivity index (χ3n) is 3.38. The fraction of sp³-hybridized carbons (Fsp3) is 0.643. The minimum atomic E-state index is -0.0209. The van der Waals surface area contributed by atoms with Crippen molar-refractivity contribution >= 4 is 11.5 Å². The maximum Gasteiger partial charge on any atom is 0.239 e. The van der Waals surface area contributed by atoms with Crippen molar-refractivity contribution in [1.29, 1.82) is 0 Å². The molecule has 19 heavy (non-hydrogen) atoms. The highest BCUT2D eigenvalue weighted by molar-refractivity contribution is 5.53. The van der Waals surface area contributed by atoms with E-state index in [4.69, 9.17) is 10.5 Å². The van der Waals surface area contributed by atoms with E-state index in [1.807, 2.05) is 6.07 Å². The summed E-state index contributed by atoms with van der Waals surface area (Å²) in [6.45, 7) is 4.86. The standard InChI is InChI=1S/C14H23N3O2/c1-9(2)12(7-18)16-13-6-5-11(15)14(17-13)19-8-10-3-4-10/h5-6,9-10,12,18H,3-4,7-8,15H2,1-2H3,(H,16,17). The highest BCUT2D eigenvalue weighted by Gasteiger charge is 2.22. The molecule has 1 heterocycles. The Morgan fingerprint density at radius 3 is 2.79 bits per heavy atom. The third kappa shape index (κ3) is 3.99. The predicted molar refractivity (Wildman–Crippen MR) is 76.2 cm³/mol. The summed E-state index contributed by atoms with van der Waals surface area (Å²) in [5.41, 5.74) is 6.41. The summed E-state index contributed by atoms with van der Waals surface area (Å²) in [4.78, 5) is 4.37. The highest BCUT2D eigenvalue weighted by atomic mass is 16.5. The number of hydrogen-bond donors (Lipinski definition) is 3. The maximum atomic E-state index is 9.32. The molecule has 1 saturated carbocycles. The van der Waals surface area contributed by atoms with E-state index in [0.29, 0.717) is 35.8 Å². The highest BCUT2D eigenvalue weighted by Crippen LogP contribution is 2.30. The lowest BCUT2D eigenvalue weighted by molar-refractivity contribution is 0.248. The first kappa shape index (κ1) is 13.9. The molecule has 1 aliphatic rings. The third-order valence-corrected chi connectivity index (χ3v) is 3.38. The predicted octanol–water partition coefficient (Wildman–Crippen LogP) is 1.88. The summed E-state index contributed by atoms with van der Waals surface area (Å²) < 4.78 is 5.64. The minimum absolute atomic E-state index is 0.0209. The first-order valence-corrected chi connectivity index (χ1v) is 6.87. The molecule has 0 radical (unpaired) electrons. The fourth-order valence-corrected chi connectivity index (χ4v) is 1.74. The van der Waals surface area contributed by atoms with Crippen LogP contribution in [0.3, 0.4) is 0 Å². The Morgan fingerprint density at radius 1 is 1.47 bits per heavy atom. The molecule has 0 bridgehead atoms. The van der Waals surface area contributed by atoms with Crippen LogP contribution in [0.5, 0.6) is 5.88 Å². The van der Waals surface area contributed by atoms with Crippen LogP contribution < -0.4 is 15.8 Å². The van der Waals surface area contributed by atoms with Gasteiger partial charge in [0.25, 0.3) is 0 Å². The van der Waals surface area contributed by atoms with Gasteiger partial charge >= 0.3 is 0 Å². The molecule has 0 aromatic carbocycles. The Kier molecular flexibility index (Phi) is 4.47. The van der Waals surface area contributed by atoms with Gasteiger partial charge in [0, 0.05) is 0 Å². The quantitative estimate of drug-likeness (QED) is 0.701. The largest absolute Gasteiger partial charge is 0.476 e. The van der Waals surface area contributed by atoms with Gasteiger partial charge < -0.3 is 20.9 Å². The van der Waals surface area contributed by atoms with E-state index >= 15 is 0 Å². The summed E-state index contributed by atoms with van der Waals surface area (Å²) in [7, 11) is 0. The molecule has 1 atom stereocenters. The zero-order valence-electron chi connectivity index (χ0n) is 11.6. The first-order chi connectivity index (χ1) is 9.10. The number of aromatic nitrogens is 1. The number of hydrogen-bond acceptors (Lipinski definition) is 5. The van der Waals surface area contributed by atoms with Gasteiger partial charge in [-0.15, -0.1) is 0 Å². The van der Waals surface area contributed by atoms with E-state index in [-0.39, 0.29) is 12.6 Å². The van der Waals surface area contributed by atoms with Gasteiger partial charge in [0.15, 0.2) is 0 Å². The monoisotopic (exact) mass is 265 g/mol. The van der Waals surface area contributed by atoms with Crippen LogP contribution in [0.4, 0.5) is 11.5 Å². The van der Waals surface area contributed by atoms with E-state index in [1.54, 1.807) is 6.07 Å². The van der Waals surface area contributed by atoms with E-state index in [2.05, 4.69) is 24.1 Å². The lowest BCUT2D eigenvalue weighted by Crippen LogP contribution is -2.29. The van der Waals surface area contributed by atoms with Crippen molar-refractivity contribution in [3.05, 3.63) is 12.1 Å². The zero-order chi connectivity index (χ0) is 13.8. The van der Waals surface area contributed by atoms with Crippen LogP contribution in [0.2, 0.25) is 0 Å². The Morgan fingerprint density at radius 2 is 2.21 bits per heavy atom. The summed E-state index contributed by atoms with van der Waals surface area (Å²) >= 11 is 0. The molecular formula is C14H23N3O2. The molecule has 0 aliphatic heterocycles. The van der Waals surface area contributed by atoms with Gasteiger partial charge in [0.1, 0.15) is 5.82 Å². The van der Waals surface area contributed by atoms with E-state index < -0.39 is 0 Å². The number of pyridine rings is 1. The van der Waals surface area contributed by atoms with Crippen LogP contribution in [0.25, 0.3) is 0 Å². The molecule has 0 spiro atoms. The Balaban J connectivity index is 2.01. The second kappa shape index (κ2) is 6.10. The van der Waals surface area contributed by atoms with Crippen molar-refractivity contribution in [3.8, 4) is 5.88 Å². The SMILES string of the molecule is CC(C)C(CO)Nc1ccc(N)c(OCC2CC2)n1. The van der Waals surface area contributed by atoms with Crippen molar-refractivity contribution in [1.82, 2.24) is 4.98 Å². The molecule has 1 aromatic rings. The minimum Gasteiger partial charge on any atom is -0.476 e. The van der Waals surface area contributed by atoms with E-state index in [9.17, 15) is 5.11 Å². The molecule has 1 fully saturated rings. The number of nitrogen functional groups attached to an aromatic ring is 1. The van der Waals surface area contributed by atoms with Gasteiger partial charge in [0.05, 0.1) is 24.9 Å². The van der Waals surface area contributed by atoms with E-state index in [0.717, 1.165) is 0 Å². The average Bonchev–Trinajstić information content (AvgIpc) is 3.19. The Hall–Kier alpha value is -1.49. The van der Waals surface area contributed by atoms with Crippen molar-refractivity contribution in [2.24, 2.45) is 11.8 Å². The number of aliphatic hydroxyl groups excluding tert-OH is 1. The molecule has 0 saturated heterocycles. The number of nitrogens with one attached hydrogen (secondary N) is 1. The summed E-state index contributed by atoms with van der Waals surface area (Å²) in [5.74, 6) is 2.16. The number of anilines is 2. The maximum absolute atomic E-state index is 9.32. The van der Waals surface area contributed by atoms with Gasteiger partial charge in [-0.25, -0.2) is 0 Å². The molecular weight excluding hydrogens is 242 g/mol. The normalized spacial score (nSPS) is 16.4. The van der Waals surface area contributed by atoms with Crippen LogP contribution >= 0.6 is 0 Å². The second-order valence-electron chi connectivity index (χ2n) is 5.52. The lowest BCUT2D eigenvalue weighted by Gasteiger charge is -2.21. The lowest BCUT2D eigenvalue weighted by atomic mass is 10.1. The summed E-state index contributed by atoms with van der Waals surface area (Å²) in [6, 6.07) is 3.57. The van der Waals surface area contributed by atoms with Gasteiger partial charge in [0.2, 0.25) is 5.88 Å². The molecule has 1 unspecified atom stereocenters. The number of ether oxygens (including phenoxy) is 1. The molecule has 4 N–H and O–H groups in total. The van der Waals surface area contributed by atoms with Gasteiger partial charge in [-0.05, 0) is 36.8 Å². The van der Waals surface area contributed by atoms with Crippen molar-refractivity contribution < 1.29 is 9.84 Å². The van der Waals surface area contributed by atoms with Crippen LogP contribution in [0.15, 0.2) is 12.1 Å². The van der Waals surface area contributed by atoms with Gasteiger partial charge in [-0.1, -0.05) is 13.8 Å². The fourth-order valence-electron chi connectivity index (χ4n) is 1.74. The molecule has 2 rings (SSSR count). The van der Waals surface area contributed by atoms with Crippen molar-refractivity contribution in [3.63, 3.8) is 0 Å². The molecule has 5 heteroatoms. The second-order valence-corrected chi connectivity index (χ2v) is 5.52. The van der Waals surface area contributed by atoms with Crippen LogP contribution in [0, 0.1) is 11.8 Å². The number of aliphatic hydroxyl groups is 1. The van der Waals surface area contributed by atoms with Crippen LogP contribution in [-0.2, 0) is 0 Å². The molecule has 5 nitrogen and oxygen atoms in total. The van der Waals surface area contributed by atoms with Crippen molar-refractivity contribution in [2.45, 2.75) is 32.7 Å². The zero-order valence-corrected chi connectivity index (χ0v) is 11.6. The molecule has 1 aliphatic carbocycles. The van der Waals surface area contributed by atoms with Gasteiger partial charge in [-0.2, -0.15) is 4.98 Å². The Labute approximate surface area is 114 Å². The topological polar surface area (TPSA) is 80.4 Å². The molecule has 0 amide bonds. The number of nitrogens with two attached hydrogens (primary N) is 1. The number of rotatable bonds is 7. The average molecular weight is 265 g/mol. The van der Waals surface area contributed by atoms with Crippen molar-refractivity contribution in [2.75, 3.05) is 24.3 Å². The van der Waals surface area contributed by atoms with E-state index in [1.165, 1.54) is 12.8 Å². The first-order valence-electron chi connectivity index (χ1n) is 6.87. The molecule has 106 valence electrons. The molecule has 1 aromatic heterocycles. The summed E-state index contributed by atoms with van der Waals surface area (Å²) in [5, 5.41) is 12.5. The van der Waals surface area contributed by atoms with Crippen LogP contribution in [0.1, 0.15) is 26.7 Å².